The minimum atomic E-state index is -0.314. The molecule has 52 heavy (non-hydrogen) atoms. The standard InChI is InChI=1S/C38H46N8O3.CH2O2/c1-24-10-8-11-25(2)45(24)37-42-41-34-19-16-28(22-44(34)37)49-32-18-17-31(29-14-6-7-15-30(29)32)39-36(48)40-35-21-33(38(3,4)5)43-46(35)27-13-9-12-26(20-27)23-47;2-1-3/h6-7,9,12-16,19-22,24-25,31-32,47H,8,10-11,17-18,23H2,1-5H3,(H2,39,40,48);1H,(H,2,3)/t24-,25+,31-,32+;/m0./s1. The Kier molecular flexibility index (Phi) is 10.8. The van der Waals surface area contributed by atoms with E-state index >= 15 is 0 Å². The van der Waals surface area contributed by atoms with E-state index in [9.17, 15) is 9.90 Å². The van der Waals surface area contributed by atoms with Crippen molar-refractivity contribution in [3.8, 4) is 11.4 Å². The Morgan fingerprint density at radius 2 is 1.69 bits per heavy atom. The number of carbonyl (C=O) groups excluding carboxylic acids is 1. The lowest BCUT2D eigenvalue weighted by Gasteiger charge is -2.39. The van der Waals surface area contributed by atoms with Gasteiger partial charge < -0.3 is 25.2 Å². The first-order chi connectivity index (χ1) is 25.0. The third-order valence-corrected chi connectivity index (χ3v) is 9.86. The molecule has 4 heterocycles. The maximum atomic E-state index is 13.6. The fourth-order valence-corrected chi connectivity index (χ4v) is 7.24. The van der Waals surface area contributed by atoms with E-state index in [2.05, 4.69) is 72.5 Å². The van der Waals surface area contributed by atoms with Crippen molar-refractivity contribution in [2.24, 2.45) is 0 Å². The van der Waals surface area contributed by atoms with Crippen LogP contribution in [0.4, 0.5) is 16.6 Å². The second kappa shape index (κ2) is 15.4. The molecule has 13 nitrogen and oxygen atoms in total. The molecule has 0 unspecified atom stereocenters. The van der Waals surface area contributed by atoms with Gasteiger partial charge in [0.15, 0.2) is 5.65 Å². The largest absolute Gasteiger partial charge is 0.484 e. The predicted octanol–water partition coefficient (Wildman–Crippen LogP) is 6.95. The zero-order chi connectivity index (χ0) is 37.0. The summed E-state index contributed by atoms with van der Waals surface area (Å²) in [4.78, 5) is 24.3. The van der Waals surface area contributed by atoms with E-state index in [1.54, 1.807) is 4.68 Å². The van der Waals surface area contributed by atoms with Crippen molar-refractivity contribution in [3.63, 3.8) is 0 Å². The minimum absolute atomic E-state index is 0.0795. The molecule has 13 heteroatoms. The highest BCUT2D eigenvalue weighted by molar-refractivity contribution is 5.89. The van der Waals surface area contributed by atoms with Gasteiger partial charge in [-0.05, 0) is 86.9 Å². The summed E-state index contributed by atoms with van der Waals surface area (Å²) in [6.07, 6.45) is 6.79. The Morgan fingerprint density at radius 1 is 0.962 bits per heavy atom. The van der Waals surface area contributed by atoms with Crippen LogP contribution in [0.2, 0.25) is 0 Å². The molecule has 3 aromatic heterocycles. The van der Waals surface area contributed by atoms with E-state index < -0.39 is 0 Å². The van der Waals surface area contributed by atoms with Crippen molar-refractivity contribution in [1.82, 2.24) is 29.7 Å². The molecule has 5 aromatic rings. The van der Waals surface area contributed by atoms with Gasteiger partial charge in [0, 0.05) is 23.6 Å². The molecular formula is C39H48N8O5. The summed E-state index contributed by atoms with van der Waals surface area (Å²) in [6, 6.07) is 21.8. The number of nitrogens with zero attached hydrogens (tertiary/aromatic N) is 6. The van der Waals surface area contributed by atoms with Gasteiger partial charge in [0.1, 0.15) is 17.7 Å². The number of anilines is 2. The molecule has 0 saturated carbocycles. The van der Waals surface area contributed by atoms with Crippen LogP contribution in [0.15, 0.2) is 72.9 Å². The zero-order valence-corrected chi connectivity index (χ0v) is 30.4. The topological polar surface area (TPSA) is 159 Å². The number of urea groups is 1. The number of ether oxygens (including phenoxy) is 1. The number of aliphatic hydroxyl groups is 1. The molecule has 4 N–H and O–H groups in total. The summed E-state index contributed by atoms with van der Waals surface area (Å²) < 4.78 is 10.4. The molecule has 2 amide bonds. The van der Waals surface area contributed by atoms with E-state index in [-0.39, 0.29) is 36.7 Å². The number of nitrogens with one attached hydrogen (secondary N) is 2. The van der Waals surface area contributed by atoms with Crippen LogP contribution in [0.25, 0.3) is 11.3 Å². The number of hydrogen-bond acceptors (Lipinski definition) is 8. The van der Waals surface area contributed by atoms with Gasteiger partial charge in [-0.15, -0.1) is 10.2 Å². The smallest absolute Gasteiger partial charge is 0.320 e. The van der Waals surface area contributed by atoms with Gasteiger partial charge in [0.05, 0.1) is 30.2 Å². The van der Waals surface area contributed by atoms with Crippen molar-refractivity contribution < 1.29 is 24.5 Å². The molecule has 4 atom stereocenters. The first kappa shape index (κ1) is 36.4. The normalized spacial score (nSPS) is 20.0. The van der Waals surface area contributed by atoms with Crippen LogP contribution in [0.3, 0.4) is 0 Å². The lowest BCUT2D eigenvalue weighted by atomic mass is 9.85. The van der Waals surface area contributed by atoms with Crippen molar-refractivity contribution in [2.75, 3.05) is 10.2 Å². The van der Waals surface area contributed by atoms with E-state index in [4.69, 9.17) is 19.7 Å². The maximum absolute atomic E-state index is 13.6. The number of aliphatic hydroxyl groups excluding tert-OH is 1. The summed E-state index contributed by atoms with van der Waals surface area (Å²) in [6.45, 7) is 10.5. The van der Waals surface area contributed by atoms with Crippen LogP contribution in [0.1, 0.15) is 101 Å². The van der Waals surface area contributed by atoms with Crippen LogP contribution < -0.4 is 20.3 Å². The SMILES string of the molecule is C[C@@H]1CCC[C@H](C)N1c1nnc2ccc(O[C@@H]3CC[C@H](NC(=O)Nc4cc(C(C)(C)C)nn4-c4cccc(CO)c4)c4ccccc43)cn12.O=CO. The number of benzene rings is 2. The number of piperidine rings is 1. The average molecular weight is 709 g/mol. The molecule has 1 saturated heterocycles. The third kappa shape index (κ3) is 7.74. The lowest BCUT2D eigenvalue weighted by molar-refractivity contribution is -0.122. The number of carbonyl (C=O) groups is 2. The first-order valence-corrected chi connectivity index (χ1v) is 17.9. The summed E-state index contributed by atoms with van der Waals surface area (Å²) in [5, 5.41) is 36.7. The molecular weight excluding hydrogens is 660 g/mol. The van der Waals surface area contributed by atoms with Gasteiger partial charge in [0.25, 0.3) is 6.47 Å². The number of hydrogen-bond donors (Lipinski definition) is 4. The number of amides is 2. The minimum Gasteiger partial charge on any atom is -0.484 e. The summed E-state index contributed by atoms with van der Waals surface area (Å²) in [5.41, 5.74) is 5.04. The van der Waals surface area contributed by atoms with Gasteiger partial charge in [0.2, 0.25) is 5.95 Å². The van der Waals surface area contributed by atoms with Crippen molar-refractivity contribution in [2.45, 2.75) is 103 Å². The van der Waals surface area contributed by atoms with Crippen LogP contribution in [-0.4, -0.2) is 59.2 Å². The molecule has 0 radical (unpaired) electrons. The van der Waals surface area contributed by atoms with Crippen LogP contribution in [0.5, 0.6) is 5.75 Å². The molecule has 1 fully saturated rings. The van der Waals surface area contributed by atoms with Crippen LogP contribution in [0, 0.1) is 0 Å². The third-order valence-electron chi connectivity index (χ3n) is 9.86. The van der Waals surface area contributed by atoms with E-state index in [1.165, 1.54) is 6.42 Å². The predicted molar refractivity (Wildman–Crippen MR) is 199 cm³/mol. The fourth-order valence-electron chi connectivity index (χ4n) is 7.24. The Morgan fingerprint density at radius 3 is 2.40 bits per heavy atom. The van der Waals surface area contributed by atoms with E-state index in [0.717, 1.165) is 64.7 Å². The molecule has 274 valence electrons. The summed E-state index contributed by atoms with van der Waals surface area (Å²) in [7, 11) is 0. The quantitative estimate of drug-likeness (QED) is 0.131. The fraction of sp³-hybridized carbons (Fsp3) is 0.410. The number of fused-ring (bicyclic) bond motifs is 2. The molecule has 2 aliphatic rings. The Labute approximate surface area is 303 Å². The van der Waals surface area contributed by atoms with E-state index in [0.29, 0.717) is 24.3 Å². The molecule has 7 rings (SSSR count). The number of pyridine rings is 1. The molecule has 1 aliphatic carbocycles. The molecule has 0 bridgehead atoms. The summed E-state index contributed by atoms with van der Waals surface area (Å²) in [5.74, 6) is 2.17. The Balaban J connectivity index is 0.00000150. The Hall–Kier alpha value is -5.43. The van der Waals surface area contributed by atoms with Crippen molar-refractivity contribution in [1.29, 1.82) is 0 Å². The highest BCUT2D eigenvalue weighted by Gasteiger charge is 2.31. The number of carboxylic acid groups (broad SMARTS) is 1. The van der Waals surface area contributed by atoms with Gasteiger partial charge in [-0.1, -0.05) is 57.2 Å². The van der Waals surface area contributed by atoms with E-state index in [1.807, 2.05) is 65.2 Å². The lowest BCUT2D eigenvalue weighted by Crippen LogP contribution is -2.44. The number of aromatic nitrogens is 5. The molecule has 1 aliphatic heterocycles. The van der Waals surface area contributed by atoms with Crippen molar-refractivity contribution in [3.05, 3.63) is 95.3 Å². The van der Waals surface area contributed by atoms with Crippen LogP contribution >= 0.6 is 0 Å². The van der Waals surface area contributed by atoms with Gasteiger partial charge >= 0.3 is 6.03 Å². The molecule has 0 spiro atoms. The van der Waals surface area contributed by atoms with Crippen molar-refractivity contribution >= 4 is 29.9 Å². The Bertz CT molecular complexity index is 2010. The maximum Gasteiger partial charge on any atom is 0.320 e. The highest BCUT2D eigenvalue weighted by Crippen LogP contribution is 2.39. The van der Waals surface area contributed by atoms with Crippen LogP contribution in [-0.2, 0) is 16.8 Å². The average Bonchev–Trinajstić information content (AvgIpc) is 3.74. The van der Waals surface area contributed by atoms with Gasteiger partial charge in [-0.25, -0.2) is 9.48 Å². The van der Waals surface area contributed by atoms with Gasteiger partial charge in [-0.2, -0.15) is 5.10 Å². The van der Waals surface area contributed by atoms with Gasteiger partial charge in [-0.3, -0.25) is 14.5 Å². The first-order valence-electron chi connectivity index (χ1n) is 17.9. The summed E-state index contributed by atoms with van der Waals surface area (Å²) >= 11 is 0. The molecule has 2 aromatic carbocycles. The monoisotopic (exact) mass is 708 g/mol. The second-order valence-corrected chi connectivity index (χ2v) is 14.6. The zero-order valence-electron chi connectivity index (χ0n) is 30.4. The highest BCUT2D eigenvalue weighted by atomic mass is 16.5. The number of rotatable bonds is 7. The second-order valence-electron chi connectivity index (χ2n) is 14.6.